The van der Waals surface area contributed by atoms with Crippen LogP contribution in [-0.2, 0) is 6.54 Å². The van der Waals surface area contributed by atoms with E-state index in [0.29, 0.717) is 24.1 Å². The summed E-state index contributed by atoms with van der Waals surface area (Å²) in [5.41, 5.74) is 11.1. The van der Waals surface area contributed by atoms with Crippen LogP contribution in [0.3, 0.4) is 0 Å². The molecule has 8 heteroatoms. The predicted octanol–water partition coefficient (Wildman–Crippen LogP) is 4.08. The van der Waals surface area contributed by atoms with Gasteiger partial charge in [-0.15, -0.1) is 0 Å². The molecule has 3 N–H and O–H groups in total. The summed E-state index contributed by atoms with van der Waals surface area (Å²) in [5, 5.41) is 10.2. The normalized spacial score (nSPS) is 12.4. The van der Waals surface area contributed by atoms with Gasteiger partial charge in [-0.05, 0) is 44.5 Å². The predicted molar refractivity (Wildman–Crippen MR) is 136 cm³/mol. The standard InChI is InChI=1S/C27H30FN5O2/c1-5-20(29)13-32(4)14-24-23(18-7-16(2)6-17(3)8-18)12-30-26-25(24)27(35)33(15-31-26)21-9-19(28)10-22(34)11-21/h6-12,15,20,34H,5,13-14,29H2,1-4H3/t20-/m0/s1. The van der Waals surface area contributed by atoms with Gasteiger partial charge in [-0.25, -0.2) is 14.4 Å². The zero-order valence-corrected chi connectivity index (χ0v) is 20.4. The molecular formula is C27H30FN5O2. The van der Waals surface area contributed by atoms with Crippen LogP contribution in [0, 0.1) is 19.7 Å². The van der Waals surface area contributed by atoms with Gasteiger partial charge in [-0.3, -0.25) is 9.36 Å². The van der Waals surface area contributed by atoms with Crippen LogP contribution in [0.5, 0.6) is 5.75 Å². The number of rotatable bonds is 7. The smallest absolute Gasteiger partial charge is 0.267 e. The number of nitrogens with zero attached hydrogens (tertiary/aromatic N) is 4. The highest BCUT2D eigenvalue weighted by molar-refractivity contribution is 5.86. The Labute approximate surface area is 203 Å². The molecule has 182 valence electrons. The molecule has 0 saturated carbocycles. The number of hydrogen-bond donors (Lipinski definition) is 2. The summed E-state index contributed by atoms with van der Waals surface area (Å²) in [4.78, 5) is 24.8. The van der Waals surface area contributed by atoms with Crippen LogP contribution in [0.4, 0.5) is 4.39 Å². The van der Waals surface area contributed by atoms with E-state index < -0.39 is 5.82 Å². The van der Waals surface area contributed by atoms with Gasteiger partial charge >= 0.3 is 0 Å². The van der Waals surface area contributed by atoms with Crippen LogP contribution in [-0.4, -0.2) is 44.2 Å². The number of phenols is 1. The Bertz CT molecular complexity index is 1400. The van der Waals surface area contributed by atoms with E-state index in [0.717, 1.165) is 40.3 Å². The van der Waals surface area contributed by atoms with Crippen molar-refractivity contribution in [2.24, 2.45) is 5.73 Å². The van der Waals surface area contributed by atoms with Crippen molar-refractivity contribution in [3.8, 4) is 22.6 Å². The Morgan fingerprint density at radius 3 is 2.49 bits per heavy atom. The molecule has 0 unspecified atom stereocenters. The lowest BCUT2D eigenvalue weighted by molar-refractivity contribution is 0.301. The van der Waals surface area contributed by atoms with E-state index in [1.54, 1.807) is 6.20 Å². The number of aromatic hydroxyl groups is 1. The highest BCUT2D eigenvalue weighted by Gasteiger charge is 2.19. The van der Waals surface area contributed by atoms with E-state index >= 15 is 0 Å². The first-order valence-corrected chi connectivity index (χ1v) is 11.6. The molecular weight excluding hydrogens is 445 g/mol. The van der Waals surface area contributed by atoms with Crippen LogP contribution in [0.2, 0.25) is 0 Å². The van der Waals surface area contributed by atoms with Gasteiger partial charge in [0.15, 0.2) is 5.65 Å². The second-order valence-electron chi connectivity index (χ2n) is 9.18. The molecule has 0 aliphatic carbocycles. The van der Waals surface area contributed by atoms with Crippen molar-refractivity contribution in [3.63, 3.8) is 0 Å². The summed E-state index contributed by atoms with van der Waals surface area (Å²) < 4.78 is 15.2. The van der Waals surface area contributed by atoms with Crippen LogP contribution < -0.4 is 11.3 Å². The molecule has 4 rings (SSSR count). The molecule has 1 atom stereocenters. The Morgan fingerprint density at radius 2 is 1.83 bits per heavy atom. The maximum atomic E-state index is 14.0. The summed E-state index contributed by atoms with van der Waals surface area (Å²) in [6.45, 7) is 7.20. The maximum absolute atomic E-state index is 14.0. The summed E-state index contributed by atoms with van der Waals surface area (Å²) >= 11 is 0. The highest BCUT2D eigenvalue weighted by atomic mass is 19.1. The second kappa shape index (κ2) is 9.93. The number of aromatic nitrogens is 3. The number of halogens is 1. The monoisotopic (exact) mass is 475 g/mol. The SMILES string of the molecule is CC[C@H](N)CN(C)Cc1c(-c2cc(C)cc(C)c2)cnc2ncn(-c3cc(O)cc(F)c3)c(=O)c12. The highest BCUT2D eigenvalue weighted by Crippen LogP contribution is 2.30. The van der Waals surface area contributed by atoms with Crippen molar-refractivity contribution in [1.82, 2.24) is 19.4 Å². The molecule has 0 amide bonds. The van der Waals surface area contributed by atoms with E-state index in [1.165, 1.54) is 23.0 Å². The fourth-order valence-electron chi connectivity index (χ4n) is 4.43. The third-order valence-electron chi connectivity index (χ3n) is 6.07. The van der Waals surface area contributed by atoms with Crippen molar-refractivity contribution in [2.45, 2.75) is 39.8 Å². The zero-order chi connectivity index (χ0) is 25.3. The molecule has 0 bridgehead atoms. The summed E-state index contributed by atoms with van der Waals surface area (Å²) in [6.07, 6.45) is 3.90. The second-order valence-corrected chi connectivity index (χ2v) is 9.18. The Hall–Kier alpha value is -3.62. The fraction of sp³-hybridized carbons (Fsp3) is 0.296. The number of hydrogen-bond acceptors (Lipinski definition) is 6. The fourth-order valence-corrected chi connectivity index (χ4v) is 4.43. The van der Waals surface area contributed by atoms with Gasteiger partial charge < -0.3 is 15.7 Å². The van der Waals surface area contributed by atoms with Crippen molar-refractivity contribution in [2.75, 3.05) is 13.6 Å². The lowest BCUT2D eigenvalue weighted by atomic mass is 9.96. The van der Waals surface area contributed by atoms with E-state index in [1.807, 2.05) is 27.8 Å². The number of pyridine rings is 1. The van der Waals surface area contributed by atoms with Crippen molar-refractivity contribution in [1.29, 1.82) is 0 Å². The topological polar surface area (TPSA) is 97.3 Å². The first kappa shape index (κ1) is 24.5. The molecule has 0 radical (unpaired) electrons. The molecule has 2 aromatic heterocycles. The quantitative estimate of drug-likeness (QED) is 0.418. The lowest BCUT2D eigenvalue weighted by Gasteiger charge is -2.23. The van der Waals surface area contributed by atoms with Gasteiger partial charge in [-0.2, -0.15) is 0 Å². The summed E-state index contributed by atoms with van der Waals surface area (Å²) in [7, 11) is 1.96. The third-order valence-corrected chi connectivity index (χ3v) is 6.07. The molecule has 2 heterocycles. The number of fused-ring (bicyclic) bond motifs is 1. The largest absolute Gasteiger partial charge is 0.508 e. The van der Waals surface area contributed by atoms with E-state index in [-0.39, 0.29) is 23.0 Å². The van der Waals surface area contributed by atoms with Crippen LogP contribution >= 0.6 is 0 Å². The Kier molecular flexibility index (Phi) is 6.95. The van der Waals surface area contributed by atoms with Crippen molar-refractivity contribution in [3.05, 3.63) is 81.8 Å². The molecule has 0 aliphatic rings. The maximum Gasteiger partial charge on any atom is 0.267 e. The molecule has 0 saturated heterocycles. The van der Waals surface area contributed by atoms with Crippen LogP contribution in [0.25, 0.3) is 27.8 Å². The summed E-state index contributed by atoms with van der Waals surface area (Å²) in [6, 6.07) is 9.72. The first-order valence-electron chi connectivity index (χ1n) is 11.6. The van der Waals surface area contributed by atoms with Crippen molar-refractivity contribution < 1.29 is 9.50 Å². The minimum atomic E-state index is -0.650. The van der Waals surface area contributed by atoms with Crippen molar-refractivity contribution >= 4 is 11.0 Å². The Balaban J connectivity index is 1.98. The number of benzene rings is 2. The van der Waals surface area contributed by atoms with Gasteiger partial charge in [0.2, 0.25) is 0 Å². The number of phenolic OH excluding ortho intramolecular Hbond substituents is 1. The molecule has 35 heavy (non-hydrogen) atoms. The minimum Gasteiger partial charge on any atom is -0.508 e. The average molecular weight is 476 g/mol. The number of aryl methyl sites for hydroxylation is 2. The third kappa shape index (κ3) is 5.23. The van der Waals surface area contributed by atoms with Gasteiger partial charge in [-0.1, -0.05) is 36.2 Å². The molecule has 0 spiro atoms. The van der Waals surface area contributed by atoms with Gasteiger partial charge in [0.1, 0.15) is 17.9 Å². The molecule has 2 aromatic carbocycles. The first-order chi connectivity index (χ1) is 16.7. The Morgan fingerprint density at radius 1 is 1.11 bits per heavy atom. The summed E-state index contributed by atoms with van der Waals surface area (Å²) in [5.74, 6) is -0.926. The minimum absolute atomic E-state index is 0.00261. The number of nitrogens with two attached hydrogens (primary N) is 1. The number of likely N-dealkylation sites (N-methyl/N-ethyl adjacent to an activating group) is 1. The molecule has 0 aliphatic heterocycles. The molecule has 4 aromatic rings. The van der Waals surface area contributed by atoms with Crippen LogP contribution in [0.15, 0.2) is 53.7 Å². The van der Waals surface area contributed by atoms with Gasteiger partial charge in [0.05, 0.1) is 11.1 Å². The van der Waals surface area contributed by atoms with Gasteiger partial charge in [0.25, 0.3) is 5.56 Å². The zero-order valence-electron chi connectivity index (χ0n) is 20.4. The van der Waals surface area contributed by atoms with E-state index in [4.69, 9.17) is 5.73 Å². The van der Waals surface area contributed by atoms with Gasteiger partial charge in [0, 0.05) is 43.0 Å². The molecule has 0 fully saturated rings. The van der Waals surface area contributed by atoms with Crippen LogP contribution in [0.1, 0.15) is 30.0 Å². The van der Waals surface area contributed by atoms with E-state index in [9.17, 15) is 14.3 Å². The van der Waals surface area contributed by atoms with E-state index in [2.05, 4.69) is 33.1 Å². The average Bonchev–Trinajstić information content (AvgIpc) is 2.77. The lowest BCUT2D eigenvalue weighted by Crippen LogP contribution is -2.34. The molecule has 7 nitrogen and oxygen atoms in total.